The molecule has 84 valence electrons. The van der Waals surface area contributed by atoms with Gasteiger partial charge in [0.25, 0.3) is 0 Å². The van der Waals surface area contributed by atoms with E-state index >= 15 is 0 Å². The zero-order valence-corrected chi connectivity index (χ0v) is 8.73. The number of phenols is 2. The lowest BCUT2D eigenvalue weighted by Crippen LogP contribution is -2.37. The Labute approximate surface area is 93.2 Å². The highest BCUT2D eigenvalue weighted by Crippen LogP contribution is 2.44. The van der Waals surface area contributed by atoms with Crippen LogP contribution in [-0.2, 0) is 0 Å². The SMILES string of the molecule is Oc1ccc2c(c1O)OC1(C=C2)CCNC1. The lowest BCUT2D eigenvalue weighted by molar-refractivity contribution is 0.133. The molecule has 16 heavy (non-hydrogen) atoms. The van der Waals surface area contributed by atoms with E-state index in [-0.39, 0.29) is 17.1 Å². The third kappa shape index (κ3) is 1.27. The van der Waals surface area contributed by atoms with Gasteiger partial charge in [-0.05, 0) is 24.8 Å². The summed E-state index contributed by atoms with van der Waals surface area (Å²) in [4.78, 5) is 0. The Hall–Kier alpha value is -1.68. The van der Waals surface area contributed by atoms with E-state index in [1.54, 1.807) is 6.07 Å². The van der Waals surface area contributed by atoms with Crippen molar-refractivity contribution in [1.29, 1.82) is 0 Å². The van der Waals surface area contributed by atoms with Gasteiger partial charge in [0, 0.05) is 18.5 Å². The minimum absolute atomic E-state index is 0.143. The van der Waals surface area contributed by atoms with Crippen molar-refractivity contribution in [3.8, 4) is 17.2 Å². The highest BCUT2D eigenvalue weighted by Gasteiger charge is 2.37. The fraction of sp³-hybridized carbons (Fsp3) is 0.333. The molecule has 4 heteroatoms. The zero-order chi connectivity index (χ0) is 11.2. The first kappa shape index (κ1) is 9.54. The van der Waals surface area contributed by atoms with Crippen molar-refractivity contribution in [2.24, 2.45) is 0 Å². The van der Waals surface area contributed by atoms with Crippen LogP contribution in [0.5, 0.6) is 17.2 Å². The molecule has 0 aromatic heterocycles. The quantitative estimate of drug-likeness (QED) is 0.574. The molecule has 0 aliphatic carbocycles. The number of aromatic hydroxyl groups is 2. The molecular weight excluding hydrogens is 206 g/mol. The third-order valence-corrected chi connectivity index (χ3v) is 3.16. The van der Waals surface area contributed by atoms with Crippen molar-refractivity contribution in [2.75, 3.05) is 13.1 Å². The van der Waals surface area contributed by atoms with Crippen molar-refractivity contribution < 1.29 is 14.9 Å². The molecule has 0 bridgehead atoms. The molecule has 2 heterocycles. The summed E-state index contributed by atoms with van der Waals surface area (Å²) < 4.78 is 5.83. The van der Waals surface area contributed by atoms with Gasteiger partial charge >= 0.3 is 0 Å². The van der Waals surface area contributed by atoms with Gasteiger partial charge in [0.05, 0.1) is 0 Å². The third-order valence-electron chi connectivity index (χ3n) is 3.16. The van der Waals surface area contributed by atoms with Crippen molar-refractivity contribution in [2.45, 2.75) is 12.0 Å². The average molecular weight is 219 g/mol. The summed E-state index contributed by atoms with van der Waals surface area (Å²) >= 11 is 0. The molecule has 1 aromatic carbocycles. The maximum absolute atomic E-state index is 9.76. The molecule has 1 fully saturated rings. The molecule has 3 rings (SSSR count). The van der Waals surface area contributed by atoms with Gasteiger partial charge in [-0.25, -0.2) is 0 Å². The molecule has 1 aromatic rings. The molecule has 1 saturated heterocycles. The lowest BCUT2D eigenvalue weighted by Gasteiger charge is -2.30. The Morgan fingerprint density at radius 3 is 2.94 bits per heavy atom. The smallest absolute Gasteiger partial charge is 0.201 e. The van der Waals surface area contributed by atoms with Gasteiger partial charge in [-0.15, -0.1) is 0 Å². The van der Waals surface area contributed by atoms with Gasteiger partial charge in [-0.1, -0.05) is 6.08 Å². The maximum atomic E-state index is 9.76. The van der Waals surface area contributed by atoms with Crippen LogP contribution in [0.3, 0.4) is 0 Å². The van der Waals surface area contributed by atoms with E-state index in [2.05, 4.69) is 5.32 Å². The molecule has 1 atom stereocenters. The Morgan fingerprint density at radius 1 is 1.31 bits per heavy atom. The van der Waals surface area contributed by atoms with E-state index in [4.69, 9.17) is 4.74 Å². The number of rotatable bonds is 0. The van der Waals surface area contributed by atoms with Crippen LogP contribution in [0.4, 0.5) is 0 Å². The van der Waals surface area contributed by atoms with Gasteiger partial charge in [0.15, 0.2) is 11.5 Å². The van der Waals surface area contributed by atoms with Crippen molar-refractivity contribution >= 4 is 6.08 Å². The Morgan fingerprint density at radius 2 is 2.19 bits per heavy atom. The Bertz CT molecular complexity index is 462. The van der Waals surface area contributed by atoms with E-state index in [0.29, 0.717) is 5.75 Å². The summed E-state index contributed by atoms with van der Waals surface area (Å²) in [5.41, 5.74) is 0.436. The van der Waals surface area contributed by atoms with Crippen molar-refractivity contribution in [1.82, 2.24) is 5.32 Å². The van der Waals surface area contributed by atoms with Crippen molar-refractivity contribution in [3.63, 3.8) is 0 Å². The summed E-state index contributed by atoms with van der Waals surface area (Å²) in [5.74, 6) is 0.0643. The van der Waals surface area contributed by atoms with Gasteiger partial charge in [-0.3, -0.25) is 0 Å². The van der Waals surface area contributed by atoms with E-state index in [1.807, 2.05) is 12.2 Å². The number of hydrogen-bond acceptors (Lipinski definition) is 4. The van der Waals surface area contributed by atoms with E-state index < -0.39 is 0 Å². The van der Waals surface area contributed by atoms with Crippen molar-refractivity contribution in [3.05, 3.63) is 23.8 Å². The fourth-order valence-corrected chi connectivity index (χ4v) is 2.21. The summed E-state index contributed by atoms with van der Waals surface area (Å²) in [7, 11) is 0. The molecule has 2 aliphatic rings. The average Bonchev–Trinajstić information content (AvgIpc) is 2.73. The molecule has 2 aliphatic heterocycles. The van der Waals surface area contributed by atoms with Crippen LogP contribution in [0, 0.1) is 0 Å². The normalized spacial score (nSPS) is 26.8. The minimum atomic E-state index is -0.363. The molecule has 1 spiro atoms. The monoisotopic (exact) mass is 219 g/mol. The summed E-state index contributed by atoms with van der Waals surface area (Å²) in [6.07, 6.45) is 4.83. The second-order valence-electron chi connectivity index (χ2n) is 4.28. The highest BCUT2D eigenvalue weighted by atomic mass is 16.5. The predicted molar refractivity (Wildman–Crippen MR) is 59.7 cm³/mol. The van der Waals surface area contributed by atoms with Gasteiger partial charge in [0.2, 0.25) is 5.75 Å². The summed E-state index contributed by atoms with van der Waals surface area (Å²) in [6, 6.07) is 3.20. The second kappa shape index (κ2) is 3.15. The van der Waals surface area contributed by atoms with Crippen LogP contribution in [0.2, 0.25) is 0 Å². The number of benzene rings is 1. The van der Waals surface area contributed by atoms with Crippen LogP contribution in [0.15, 0.2) is 18.2 Å². The van der Waals surface area contributed by atoms with E-state index in [9.17, 15) is 10.2 Å². The first-order chi connectivity index (χ1) is 7.70. The second-order valence-corrected chi connectivity index (χ2v) is 4.28. The van der Waals surface area contributed by atoms with Crippen LogP contribution < -0.4 is 10.1 Å². The molecule has 4 nitrogen and oxygen atoms in total. The summed E-state index contributed by atoms with van der Waals surface area (Å²) in [6.45, 7) is 1.64. The van der Waals surface area contributed by atoms with E-state index in [0.717, 1.165) is 25.1 Å². The first-order valence-corrected chi connectivity index (χ1v) is 5.34. The predicted octanol–water partition coefficient (Wildman–Crippen LogP) is 1.24. The zero-order valence-electron chi connectivity index (χ0n) is 8.73. The fourth-order valence-electron chi connectivity index (χ4n) is 2.21. The number of phenolic OH excluding ortho intramolecular Hbond substituents is 2. The molecular formula is C12H13NO3. The Balaban J connectivity index is 2.07. The standard InChI is InChI=1S/C12H13NO3/c14-9-2-1-8-3-4-12(5-6-13-7-12)16-11(8)10(9)15/h1-4,13-15H,5-7H2. The van der Waals surface area contributed by atoms with Gasteiger partial charge < -0.3 is 20.3 Å². The van der Waals surface area contributed by atoms with E-state index in [1.165, 1.54) is 6.07 Å². The molecule has 1 unspecified atom stereocenters. The minimum Gasteiger partial charge on any atom is -0.504 e. The summed E-state index contributed by atoms with van der Waals surface area (Å²) in [5, 5.41) is 22.4. The number of fused-ring (bicyclic) bond motifs is 1. The van der Waals surface area contributed by atoms with Crippen LogP contribution >= 0.6 is 0 Å². The number of ether oxygens (including phenoxy) is 1. The van der Waals surface area contributed by atoms with Gasteiger partial charge in [-0.2, -0.15) is 0 Å². The Kier molecular flexibility index (Phi) is 1.88. The van der Waals surface area contributed by atoms with Gasteiger partial charge in [0.1, 0.15) is 5.60 Å². The number of nitrogens with one attached hydrogen (secondary N) is 1. The maximum Gasteiger partial charge on any atom is 0.201 e. The molecule has 0 saturated carbocycles. The molecule has 3 N–H and O–H groups in total. The molecule has 0 amide bonds. The lowest BCUT2D eigenvalue weighted by atomic mass is 9.97. The topological polar surface area (TPSA) is 61.7 Å². The molecule has 0 radical (unpaired) electrons. The first-order valence-electron chi connectivity index (χ1n) is 5.34. The van der Waals surface area contributed by atoms with Crippen LogP contribution in [0.1, 0.15) is 12.0 Å². The van der Waals surface area contributed by atoms with Crippen LogP contribution in [-0.4, -0.2) is 28.9 Å². The van der Waals surface area contributed by atoms with Crippen LogP contribution in [0.25, 0.3) is 6.08 Å². The number of hydrogen-bond donors (Lipinski definition) is 3. The largest absolute Gasteiger partial charge is 0.504 e. The highest BCUT2D eigenvalue weighted by molar-refractivity contribution is 5.68.